The van der Waals surface area contributed by atoms with Crippen LogP contribution >= 0.6 is 19.7 Å². The molecule has 136 valence electrons. The molecular formula is C23H22ClN2P. The fourth-order valence-corrected chi connectivity index (χ4v) is 8.30. The summed E-state index contributed by atoms with van der Waals surface area (Å²) in [6.45, 7) is 0. The van der Waals surface area contributed by atoms with E-state index in [0.717, 1.165) is 11.9 Å². The van der Waals surface area contributed by atoms with Crippen molar-refractivity contribution in [2.24, 2.45) is 0 Å². The van der Waals surface area contributed by atoms with Crippen LogP contribution in [0.3, 0.4) is 0 Å². The van der Waals surface area contributed by atoms with Crippen molar-refractivity contribution in [2.75, 3.05) is 0 Å². The van der Waals surface area contributed by atoms with Gasteiger partial charge in [0.25, 0.3) is 0 Å². The molecule has 4 heteroatoms. The summed E-state index contributed by atoms with van der Waals surface area (Å²) in [5.41, 5.74) is 1.04. The van der Waals surface area contributed by atoms with Crippen LogP contribution in [-0.2, 0) is 6.16 Å². The van der Waals surface area contributed by atoms with E-state index in [0.29, 0.717) is 0 Å². The van der Waals surface area contributed by atoms with Crippen LogP contribution < -0.4 is 15.9 Å². The molecule has 3 aromatic carbocycles. The number of benzene rings is 3. The molecule has 0 fully saturated rings. The van der Waals surface area contributed by atoms with Gasteiger partial charge in [0.05, 0.1) is 0 Å². The van der Waals surface area contributed by atoms with Gasteiger partial charge >= 0.3 is 155 Å². The van der Waals surface area contributed by atoms with Crippen molar-refractivity contribution in [3.05, 3.63) is 115 Å². The van der Waals surface area contributed by atoms with Crippen LogP contribution in [0.2, 0.25) is 0 Å². The van der Waals surface area contributed by atoms with Crippen LogP contribution in [0.25, 0.3) is 0 Å². The summed E-state index contributed by atoms with van der Waals surface area (Å²) >= 11 is 0. The monoisotopic (exact) mass is 392 g/mol. The van der Waals surface area contributed by atoms with Crippen LogP contribution in [0.4, 0.5) is 0 Å². The summed E-state index contributed by atoms with van der Waals surface area (Å²) < 4.78 is 0. The van der Waals surface area contributed by atoms with Crippen LogP contribution in [0.15, 0.2) is 109 Å². The van der Waals surface area contributed by atoms with Gasteiger partial charge in [-0.2, -0.15) is 0 Å². The van der Waals surface area contributed by atoms with Crippen LogP contribution in [0, 0.1) is 0 Å². The summed E-state index contributed by atoms with van der Waals surface area (Å²) in [5, 5.41) is 12.7. The Morgan fingerprint density at radius 3 is 1.37 bits per heavy atom. The molecule has 0 atom stereocenters. The quantitative estimate of drug-likeness (QED) is 0.477. The predicted molar refractivity (Wildman–Crippen MR) is 120 cm³/mol. The third kappa shape index (κ3) is 3.93. The van der Waals surface area contributed by atoms with Gasteiger partial charge in [0.1, 0.15) is 0 Å². The van der Waals surface area contributed by atoms with Crippen LogP contribution in [0.5, 0.6) is 0 Å². The molecule has 0 N–H and O–H groups in total. The summed E-state index contributed by atoms with van der Waals surface area (Å²) in [5.74, 6) is 0. The van der Waals surface area contributed by atoms with E-state index >= 15 is 0 Å². The first-order valence-corrected chi connectivity index (χ1v) is 11.0. The first-order valence-electron chi connectivity index (χ1n) is 8.83. The van der Waals surface area contributed by atoms with Crippen molar-refractivity contribution in [3.8, 4) is 0 Å². The average molecular weight is 393 g/mol. The molecule has 0 aliphatic rings. The fourth-order valence-electron chi connectivity index (χ4n) is 3.67. The van der Waals surface area contributed by atoms with E-state index in [9.17, 15) is 0 Å². The molecule has 4 rings (SSSR count). The molecular weight excluding hydrogens is 371 g/mol. The standard InChI is InChI=1S/C23H21N2P.ClH/c1-4-12-21(13-5-1)26(22-14-6-2-7-15-22,23-16-8-3-9-17-23)19-20-11-10-18-24-25-20;/h1-18,26H,19H2;1H. The second-order valence-corrected chi connectivity index (χ2v) is 10.3. The van der Waals surface area contributed by atoms with Crippen molar-refractivity contribution < 1.29 is 0 Å². The van der Waals surface area contributed by atoms with Gasteiger partial charge in [0.15, 0.2) is 0 Å². The molecule has 0 unspecified atom stereocenters. The van der Waals surface area contributed by atoms with Crippen molar-refractivity contribution in [1.29, 1.82) is 0 Å². The first kappa shape index (κ1) is 19.2. The van der Waals surface area contributed by atoms with Gasteiger partial charge in [0, 0.05) is 0 Å². The van der Waals surface area contributed by atoms with E-state index in [1.807, 2.05) is 6.07 Å². The molecule has 0 saturated heterocycles. The molecule has 2 nitrogen and oxygen atoms in total. The van der Waals surface area contributed by atoms with E-state index in [2.05, 4.69) is 107 Å². The molecule has 0 aliphatic carbocycles. The van der Waals surface area contributed by atoms with Crippen LogP contribution in [0.1, 0.15) is 5.69 Å². The number of hydrogen-bond donors (Lipinski definition) is 0. The Morgan fingerprint density at radius 1 is 0.556 bits per heavy atom. The summed E-state index contributed by atoms with van der Waals surface area (Å²) in [4.78, 5) is 0. The van der Waals surface area contributed by atoms with E-state index in [4.69, 9.17) is 0 Å². The van der Waals surface area contributed by atoms with Crippen molar-refractivity contribution in [2.45, 2.75) is 6.16 Å². The maximum atomic E-state index is 4.42. The van der Waals surface area contributed by atoms with Crippen molar-refractivity contribution in [3.63, 3.8) is 0 Å². The topological polar surface area (TPSA) is 25.8 Å². The molecule has 1 heterocycles. The maximum absolute atomic E-state index is 4.42. The zero-order valence-electron chi connectivity index (χ0n) is 14.9. The van der Waals surface area contributed by atoms with E-state index in [1.165, 1.54) is 15.9 Å². The Morgan fingerprint density at radius 2 is 1.00 bits per heavy atom. The minimum absolute atomic E-state index is 0. The fraction of sp³-hybridized carbons (Fsp3) is 0.0435. The van der Waals surface area contributed by atoms with Crippen LogP contribution in [-0.4, -0.2) is 10.2 Å². The third-order valence-electron chi connectivity index (χ3n) is 4.87. The Bertz CT molecular complexity index is 852. The van der Waals surface area contributed by atoms with Crippen molar-refractivity contribution >= 4 is 35.6 Å². The van der Waals surface area contributed by atoms with Gasteiger partial charge < -0.3 is 0 Å². The van der Waals surface area contributed by atoms with E-state index in [1.54, 1.807) is 6.20 Å². The summed E-state index contributed by atoms with van der Waals surface area (Å²) in [6, 6.07) is 36.7. The molecule has 0 saturated carbocycles. The zero-order valence-corrected chi connectivity index (χ0v) is 16.7. The Balaban J connectivity index is 0.00000210. The molecule has 0 aliphatic heterocycles. The number of halogens is 1. The molecule has 0 spiro atoms. The second kappa shape index (κ2) is 8.90. The molecule has 27 heavy (non-hydrogen) atoms. The van der Waals surface area contributed by atoms with Gasteiger partial charge in [0.2, 0.25) is 0 Å². The van der Waals surface area contributed by atoms with Crippen molar-refractivity contribution in [1.82, 2.24) is 10.2 Å². The zero-order chi connectivity index (χ0) is 17.7. The van der Waals surface area contributed by atoms with E-state index < -0.39 is 7.26 Å². The Kier molecular flexibility index (Phi) is 6.34. The molecule has 0 radical (unpaired) electrons. The Labute approximate surface area is 167 Å². The van der Waals surface area contributed by atoms with Gasteiger partial charge in [-0.05, 0) is 0 Å². The molecule has 0 bridgehead atoms. The number of aromatic nitrogens is 2. The van der Waals surface area contributed by atoms with Gasteiger partial charge in [-0.3, -0.25) is 0 Å². The third-order valence-corrected chi connectivity index (χ3v) is 9.72. The second-order valence-electron chi connectivity index (χ2n) is 6.40. The molecule has 4 aromatic rings. The van der Waals surface area contributed by atoms with Gasteiger partial charge in [-0.1, -0.05) is 0 Å². The molecule has 1 aromatic heterocycles. The number of hydrogen-bond acceptors (Lipinski definition) is 2. The number of nitrogens with zero attached hydrogens (tertiary/aromatic N) is 2. The first-order chi connectivity index (χ1) is 12.9. The Hall–Kier alpha value is -2.54. The molecule has 0 amide bonds. The summed E-state index contributed by atoms with van der Waals surface area (Å²) in [7, 11) is -2.27. The normalized spacial score (nSPS) is 11.4. The SMILES string of the molecule is Cl.c1ccc([PH](Cc2cccnn2)(c2ccccc2)c2ccccc2)cc1. The minimum atomic E-state index is -2.27. The van der Waals surface area contributed by atoms with Gasteiger partial charge in [-0.25, -0.2) is 0 Å². The van der Waals surface area contributed by atoms with Gasteiger partial charge in [-0.15, -0.1) is 12.4 Å². The summed E-state index contributed by atoms with van der Waals surface area (Å²) in [6.07, 6.45) is 2.62. The predicted octanol–water partition coefficient (Wildman–Crippen LogP) is 4.12. The average Bonchev–Trinajstić information content (AvgIpc) is 2.75. The number of rotatable bonds is 5. The van der Waals surface area contributed by atoms with E-state index in [-0.39, 0.29) is 12.4 Å².